The molecule has 0 amide bonds. The van der Waals surface area contributed by atoms with E-state index >= 15 is 0 Å². The molecular formula is C13H13BrN2O. The second-order valence-corrected chi connectivity index (χ2v) is 4.93. The molecule has 1 aliphatic rings. The highest BCUT2D eigenvalue weighted by molar-refractivity contribution is 9.10. The van der Waals surface area contributed by atoms with Gasteiger partial charge in [-0.25, -0.2) is 4.98 Å². The minimum atomic E-state index is 0.784. The van der Waals surface area contributed by atoms with Crippen LogP contribution >= 0.6 is 15.9 Å². The molecule has 1 aromatic heterocycles. The van der Waals surface area contributed by atoms with E-state index in [0.717, 1.165) is 36.6 Å². The van der Waals surface area contributed by atoms with Crippen LogP contribution in [-0.4, -0.2) is 31.3 Å². The standard InChI is InChI=1S/C13H13BrN2O/c14-12-9-15-13(16-5-7-17-8-6-16)11-4-2-1-3-10(11)12/h1-4,9H,5-8H2. The van der Waals surface area contributed by atoms with Crippen molar-refractivity contribution in [3.8, 4) is 0 Å². The summed E-state index contributed by atoms with van der Waals surface area (Å²) >= 11 is 3.55. The topological polar surface area (TPSA) is 25.4 Å². The molecule has 0 radical (unpaired) electrons. The number of morpholine rings is 1. The van der Waals surface area contributed by atoms with Crippen LogP contribution in [0.5, 0.6) is 0 Å². The molecule has 3 rings (SSSR count). The molecule has 0 spiro atoms. The third-order valence-electron chi connectivity index (χ3n) is 3.04. The van der Waals surface area contributed by atoms with Gasteiger partial charge in [-0.1, -0.05) is 24.3 Å². The number of ether oxygens (including phenoxy) is 1. The first-order valence-electron chi connectivity index (χ1n) is 5.72. The number of halogens is 1. The third kappa shape index (κ3) is 2.03. The van der Waals surface area contributed by atoms with Crippen LogP contribution in [0.1, 0.15) is 0 Å². The van der Waals surface area contributed by atoms with Crippen LogP contribution in [0, 0.1) is 0 Å². The Morgan fingerprint density at radius 1 is 1.12 bits per heavy atom. The molecule has 2 heterocycles. The highest BCUT2D eigenvalue weighted by Gasteiger charge is 2.15. The lowest BCUT2D eigenvalue weighted by molar-refractivity contribution is 0.122. The maximum absolute atomic E-state index is 5.38. The summed E-state index contributed by atoms with van der Waals surface area (Å²) in [5.74, 6) is 1.06. The van der Waals surface area contributed by atoms with Crippen molar-refractivity contribution < 1.29 is 4.74 Å². The van der Waals surface area contributed by atoms with Crippen molar-refractivity contribution in [1.82, 2.24) is 4.98 Å². The van der Waals surface area contributed by atoms with Crippen molar-refractivity contribution >= 4 is 32.5 Å². The molecule has 4 heteroatoms. The minimum absolute atomic E-state index is 0.784. The molecule has 1 fully saturated rings. The third-order valence-corrected chi connectivity index (χ3v) is 3.67. The summed E-state index contributed by atoms with van der Waals surface area (Å²) in [6.45, 7) is 3.40. The van der Waals surface area contributed by atoms with E-state index in [1.165, 1.54) is 10.8 Å². The highest BCUT2D eigenvalue weighted by Crippen LogP contribution is 2.30. The number of benzene rings is 1. The number of fused-ring (bicyclic) bond motifs is 1. The Morgan fingerprint density at radius 2 is 1.82 bits per heavy atom. The monoisotopic (exact) mass is 292 g/mol. The van der Waals surface area contributed by atoms with E-state index in [9.17, 15) is 0 Å². The lowest BCUT2D eigenvalue weighted by atomic mass is 10.1. The molecule has 0 atom stereocenters. The van der Waals surface area contributed by atoms with Crippen molar-refractivity contribution in [3.05, 3.63) is 34.9 Å². The van der Waals surface area contributed by atoms with Crippen molar-refractivity contribution in [2.75, 3.05) is 31.2 Å². The summed E-state index contributed by atoms with van der Waals surface area (Å²) in [5, 5.41) is 2.41. The summed E-state index contributed by atoms with van der Waals surface area (Å²) in [4.78, 5) is 6.84. The fourth-order valence-corrected chi connectivity index (χ4v) is 2.62. The Hall–Kier alpha value is -1.13. The van der Waals surface area contributed by atoms with Gasteiger partial charge in [0.1, 0.15) is 5.82 Å². The predicted octanol–water partition coefficient (Wildman–Crippen LogP) is 2.83. The molecule has 0 bridgehead atoms. The maximum Gasteiger partial charge on any atom is 0.136 e. The first kappa shape index (κ1) is 11.0. The first-order valence-corrected chi connectivity index (χ1v) is 6.51. The quantitative estimate of drug-likeness (QED) is 0.808. The van der Waals surface area contributed by atoms with Gasteiger partial charge in [0, 0.05) is 34.5 Å². The molecule has 2 aromatic rings. The van der Waals surface area contributed by atoms with Gasteiger partial charge in [-0.15, -0.1) is 0 Å². The van der Waals surface area contributed by atoms with Gasteiger partial charge in [0.2, 0.25) is 0 Å². The largest absolute Gasteiger partial charge is 0.378 e. The number of aromatic nitrogens is 1. The fourth-order valence-electron chi connectivity index (χ4n) is 2.17. The number of pyridine rings is 1. The summed E-state index contributed by atoms with van der Waals surface area (Å²) in [6, 6.07) is 8.35. The summed E-state index contributed by atoms with van der Waals surface area (Å²) in [6.07, 6.45) is 1.88. The van der Waals surface area contributed by atoms with Gasteiger partial charge in [0.05, 0.1) is 13.2 Å². The fraction of sp³-hybridized carbons (Fsp3) is 0.308. The lowest BCUT2D eigenvalue weighted by Gasteiger charge is -2.28. The molecule has 0 saturated carbocycles. The number of nitrogens with zero attached hydrogens (tertiary/aromatic N) is 2. The summed E-state index contributed by atoms with van der Waals surface area (Å²) < 4.78 is 6.42. The van der Waals surface area contributed by atoms with E-state index in [-0.39, 0.29) is 0 Å². The van der Waals surface area contributed by atoms with Crippen molar-refractivity contribution in [1.29, 1.82) is 0 Å². The number of hydrogen-bond acceptors (Lipinski definition) is 3. The number of hydrogen-bond donors (Lipinski definition) is 0. The second-order valence-electron chi connectivity index (χ2n) is 4.07. The summed E-state index contributed by atoms with van der Waals surface area (Å²) in [7, 11) is 0. The normalized spacial score (nSPS) is 16.4. The highest BCUT2D eigenvalue weighted by atomic mass is 79.9. The zero-order valence-electron chi connectivity index (χ0n) is 9.40. The van der Waals surface area contributed by atoms with Crippen LogP contribution in [0.25, 0.3) is 10.8 Å². The average Bonchev–Trinajstić information content (AvgIpc) is 2.41. The van der Waals surface area contributed by atoms with E-state index in [1.54, 1.807) is 0 Å². The number of rotatable bonds is 1. The zero-order valence-corrected chi connectivity index (χ0v) is 11.0. The minimum Gasteiger partial charge on any atom is -0.378 e. The van der Waals surface area contributed by atoms with Crippen LogP contribution < -0.4 is 4.90 Å². The van der Waals surface area contributed by atoms with Crippen LogP contribution in [0.2, 0.25) is 0 Å². The Balaban J connectivity index is 2.12. The van der Waals surface area contributed by atoms with Gasteiger partial charge < -0.3 is 9.64 Å². The van der Waals surface area contributed by atoms with Crippen molar-refractivity contribution in [2.24, 2.45) is 0 Å². The Bertz CT molecular complexity index is 538. The van der Waals surface area contributed by atoms with Crippen molar-refractivity contribution in [2.45, 2.75) is 0 Å². The van der Waals surface area contributed by atoms with Gasteiger partial charge in [0.15, 0.2) is 0 Å². The number of anilines is 1. The van der Waals surface area contributed by atoms with Crippen LogP contribution in [-0.2, 0) is 4.74 Å². The van der Waals surface area contributed by atoms with Crippen LogP contribution in [0.3, 0.4) is 0 Å². The molecule has 0 unspecified atom stereocenters. The average molecular weight is 293 g/mol. The van der Waals surface area contributed by atoms with Crippen molar-refractivity contribution in [3.63, 3.8) is 0 Å². The Morgan fingerprint density at radius 3 is 2.59 bits per heavy atom. The molecule has 1 aromatic carbocycles. The van der Waals surface area contributed by atoms with Crippen LogP contribution in [0.15, 0.2) is 34.9 Å². The molecule has 3 nitrogen and oxygen atoms in total. The first-order chi connectivity index (χ1) is 8.36. The van der Waals surface area contributed by atoms with E-state index in [0.29, 0.717) is 0 Å². The Labute approximate surface area is 109 Å². The predicted molar refractivity (Wildman–Crippen MR) is 72.5 cm³/mol. The maximum atomic E-state index is 5.38. The molecule has 1 aliphatic heterocycles. The van der Waals surface area contributed by atoms with Gasteiger partial charge in [-0.2, -0.15) is 0 Å². The molecule has 0 aliphatic carbocycles. The molecule has 17 heavy (non-hydrogen) atoms. The van der Waals surface area contributed by atoms with Gasteiger partial charge in [0.25, 0.3) is 0 Å². The van der Waals surface area contributed by atoms with Gasteiger partial charge in [-0.05, 0) is 15.9 Å². The lowest BCUT2D eigenvalue weighted by Crippen LogP contribution is -2.36. The molecule has 1 saturated heterocycles. The summed E-state index contributed by atoms with van der Waals surface area (Å²) in [5.41, 5.74) is 0. The van der Waals surface area contributed by atoms with E-state index in [2.05, 4.69) is 50.1 Å². The smallest absolute Gasteiger partial charge is 0.136 e. The van der Waals surface area contributed by atoms with Gasteiger partial charge in [-0.3, -0.25) is 0 Å². The molecular weight excluding hydrogens is 280 g/mol. The molecule has 0 N–H and O–H groups in total. The second kappa shape index (κ2) is 4.63. The van der Waals surface area contributed by atoms with Gasteiger partial charge >= 0.3 is 0 Å². The van der Waals surface area contributed by atoms with E-state index in [4.69, 9.17) is 4.74 Å². The molecule has 88 valence electrons. The van der Waals surface area contributed by atoms with Crippen LogP contribution in [0.4, 0.5) is 5.82 Å². The zero-order chi connectivity index (χ0) is 11.7. The SMILES string of the molecule is Brc1cnc(N2CCOCC2)c2ccccc12. The Kier molecular flexibility index (Phi) is 2.99. The van der Waals surface area contributed by atoms with E-state index < -0.39 is 0 Å². The van der Waals surface area contributed by atoms with E-state index in [1.807, 2.05) is 6.20 Å².